The van der Waals surface area contributed by atoms with Crippen LogP contribution in [0.25, 0.3) is 0 Å². The van der Waals surface area contributed by atoms with Crippen molar-refractivity contribution in [3.05, 3.63) is 24.1 Å². The zero-order chi connectivity index (χ0) is 10.6. The van der Waals surface area contributed by atoms with E-state index in [0.717, 1.165) is 6.42 Å². The maximum atomic E-state index is 13.0. The molecule has 1 unspecified atom stereocenters. The molecule has 0 saturated carbocycles. The highest BCUT2D eigenvalue weighted by Crippen LogP contribution is 2.14. The summed E-state index contributed by atoms with van der Waals surface area (Å²) in [5.74, 6) is -0.447. The van der Waals surface area contributed by atoms with Gasteiger partial charge in [-0.3, -0.25) is 0 Å². The van der Waals surface area contributed by atoms with Crippen molar-refractivity contribution in [2.24, 2.45) is 5.73 Å². The van der Waals surface area contributed by atoms with Crippen molar-refractivity contribution in [2.75, 3.05) is 6.61 Å². The van der Waals surface area contributed by atoms with Crippen molar-refractivity contribution in [3.63, 3.8) is 0 Å². The molecule has 0 radical (unpaired) electrons. The molecule has 0 fully saturated rings. The Morgan fingerprint density at radius 3 is 2.93 bits per heavy atom. The molecule has 0 bridgehead atoms. The van der Waals surface area contributed by atoms with E-state index >= 15 is 0 Å². The summed E-state index contributed by atoms with van der Waals surface area (Å²) in [6, 6.07) is 2.83. The fourth-order valence-electron chi connectivity index (χ4n) is 0.813. The van der Waals surface area contributed by atoms with E-state index in [0.29, 0.717) is 0 Å². The molecule has 0 spiro atoms. The summed E-state index contributed by atoms with van der Waals surface area (Å²) in [6.07, 6.45) is 2.25. The third-order valence-electron chi connectivity index (χ3n) is 2.07. The molecule has 1 aromatic heterocycles. The van der Waals surface area contributed by atoms with Crippen molar-refractivity contribution in [2.45, 2.75) is 25.8 Å². The predicted octanol–water partition coefficient (Wildman–Crippen LogP) is 1.73. The molecule has 0 aliphatic heterocycles. The van der Waals surface area contributed by atoms with Gasteiger partial charge in [0.25, 0.3) is 0 Å². The second-order valence-corrected chi connectivity index (χ2v) is 3.59. The van der Waals surface area contributed by atoms with Crippen LogP contribution in [0.2, 0.25) is 0 Å². The molecule has 1 rings (SSSR count). The standard InChI is InChI=1S/C10H15FN2O/c1-3-10(2,12)7-14-9-8(11)5-4-6-13-9/h4-6H,3,7,12H2,1-2H3. The van der Waals surface area contributed by atoms with Crippen LogP contribution in [0.15, 0.2) is 18.3 Å². The molecule has 4 heteroatoms. The van der Waals surface area contributed by atoms with Gasteiger partial charge in [0.1, 0.15) is 6.61 Å². The van der Waals surface area contributed by atoms with Gasteiger partial charge in [0.15, 0.2) is 5.82 Å². The summed E-state index contributed by atoms with van der Waals surface area (Å²) in [5.41, 5.74) is 5.40. The zero-order valence-electron chi connectivity index (χ0n) is 8.46. The minimum atomic E-state index is -0.459. The first-order chi connectivity index (χ1) is 6.55. The SMILES string of the molecule is CCC(C)(N)COc1ncccc1F. The van der Waals surface area contributed by atoms with Gasteiger partial charge in [-0.2, -0.15) is 0 Å². The van der Waals surface area contributed by atoms with Crippen LogP contribution in [0.5, 0.6) is 5.88 Å². The Kier molecular flexibility index (Phi) is 3.41. The highest BCUT2D eigenvalue weighted by atomic mass is 19.1. The molecule has 3 nitrogen and oxygen atoms in total. The molecule has 1 aromatic rings. The minimum absolute atomic E-state index is 0.0117. The van der Waals surface area contributed by atoms with Crippen LogP contribution in [0, 0.1) is 5.82 Å². The lowest BCUT2D eigenvalue weighted by Crippen LogP contribution is -2.41. The molecule has 78 valence electrons. The van der Waals surface area contributed by atoms with Crippen LogP contribution in [-0.4, -0.2) is 17.1 Å². The average molecular weight is 198 g/mol. The Hall–Kier alpha value is -1.16. The maximum Gasteiger partial charge on any atom is 0.250 e. The molecule has 0 aliphatic carbocycles. The van der Waals surface area contributed by atoms with Crippen LogP contribution in [0.3, 0.4) is 0 Å². The zero-order valence-corrected chi connectivity index (χ0v) is 8.46. The van der Waals surface area contributed by atoms with Gasteiger partial charge in [0.2, 0.25) is 5.88 Å². The summed E-state index contributed by atoms with van der Waals surface area (Å²) in [4.78, 5) is 3.76. The fraction of sp³-hybridized carbons (Fsp3) is 0.500. The first-order valence-corrected chi connectivity index (χ1v) is 4.57. The van der Waals surface area contributed by atoms with Crippen LogP contribution in [-0.2, 0) is 0 Å². The maximum absolute atomic E-state index is 13.0. The summed E-state index contributed by atoms with van der Waals surface area (Å²) >= 11 is 0. The van der Waals surface area contributed by atoms with Gasteiger partial charge in [-0.25, -0.2) is 9.37 Å². The minimum Gasteiger partial charge on any atom is -0.474 e. The van der Waals surface area contributed by atoms with Crippen LogP contribution in [0.1, 0.15) is 20.3 Å². The second-order valence-electron chi connectivity index (χ2n) is 3.59. The molecule has 0 saturated heterocycles. The van der Waals surface area contributed by atoms with Crippen LogP contribution < -0.4 is 10.5 Å². The van der Waals surface area contributed by atoms with Crippen LogP contribution in [0.4, 0.5) is 4.39 Å². The van der Waals surface area contributed by atoms with Crippen molar-refractivity contribution in [1.29, 1.82) is 0 Å². The number of hydrogen-bond acceptors (Lipinski definition) is 3. The van der Waals surface area contributed by atoms with Gasteiger partial charge in [-0.1, -0.05) is 6.92 Å². The highest BCUT2D eigenvalue weighted by Gasteiger charge is 2.17. The molecule has 2 N–H and O–H groups in total. The summed E-state index contributed by atoms with van der Waals surface area (Å²) < 4.78 is 18.2. The van der Waals surface area contributed by atoms with Crippen LogP contribution >= 0.6 is 0 Å². The van der Waals surface area contributed by atoms with Gasteiger partial charge in [-0.05, 0) is 25.5 Å². The Morgan fingerprint density at radius 2 is 2.36 bits per heavy atom. The smallest absolute Gasteiger partial charge is 0.250 e. The van der Waals surface area contributed by atoms with Gasteiger partial charge < -0.3 is 10.5 Å². The van der Waals surface area contributed by atoms with Gasteiger partial charge in [0, 0.05) is 11.7 Å². The average Bonchev–Trinajstić information content (AvgIpc) is 2.17. The Balaban J connectivity index is 2.58. The number of hydrogen-bond donors (Lipinski definition) is 1. The Morgan fingerprint density at radius 1 is 1.64 bits per heavy atom. The summed E-state index contributed by atoms with van der Waals surface area (Å²) in [5, 5.41) is 0. The van der Waals surface area contributed by atoms with Gasteiger partial charge >= 0.3 is 0 Å². The molecule has 1 heterocycles. The summed E-state index contributed by atoms with van der Waals surface area (Å²) in [7, 11) is 0. The lowest BCUT2D eigenvalue weighted by Gasteiger charge is -2.22. The van der Waals surface area contributed by atoms with E-state index < -0.39 is 11.4 Å². The Labute approximate surface area is 83.1 Å². The first kappa shape index (κ1) is 10.9. The van der Waals surface area contributed by atoms with Crippen molar-refractivity contribution in [3.8, 4) is 5.88 Å². The van der Waals surface area contributed by atoms with Gasteiger partial charge in [0.05, 0.1) is 0 Å². The van der Waals surface area contributed by atoms with E-state index in [1.54, 1.807) is 0 Å². The monoisotopic (exact) mass is 198 g/mol. The molecule has 1 atom stereocenters. The molecule has 0 amide bonds. The fourth-order valence-corrected chi connectivity index (χ4v) is 0.813. The topological polar surface area (TPSA) is 48.1 Å². The van der Waals surface area contributed by atoms with Gasteiger partial charge in [-0.15, -0.1) is 0 Å². The molecule has 14 heavy (non-hydrogen) atoms. The lowest BCUT2D eigenvalue weighted by molar-refractivity contribution is 0.210. The van der Waals surface area contributed by atoms with E-state index in [2.05, 4.69) is 4.98 Å². The number of rotatable bonds is 4. The third kappa shape index (κ3) is 2.96. The molecular formula is C10H15FN2O. The normalized spacial score (nSPS) is 14.9. The van der Waals surface area contributed by atoms with Crippen molar-refractivity contribution >= 4 is 0 Å². The van der Waals surface area contributed by atoms with Crippen molar-refractivity contribution < 1.29 is 9.13 Å². The number of nitrogens with zero attached hydrogens (tertiary/aromatic N) is 1. The van der Waals surface area contributed by atoms with E-state index in [1.807, 2.05) is 13.8 Å². The van der Waals surface area contributed by atoms with E-state index in [4.69, 9.17) is 10.5 Å². The van der Waals surface area contributed by atoms with E-state index in [-0.39, 0.29) is 12.5 Å². The number of pyridine rings is 1. The predicted molar refractivity (Wildman–Crippen MR) is 52.6 cm³/mol. The number of nitrogens with two attached hydrogens (primary N) is 1. The Bertz CT molecular complexity index is 302. The molecule has 0 aromatic carbocycles. The largest absolute Gasteiger partial charge is 0.474 e. The molecule has 0 aliphatic rings. The highest BCUT2D eigenvalue weighted by molar-refractivity contribution is 5.13. The summed E-state index contributed by atoms with van der Waals surface area (Å²) in [6.45, 7) is 4.07. The number of halogens is 1. The number of aromatic nitrogens is 1. The van der Waals surface area contributed by atoms with Crippen molar-refractivity contribution in [1.82, 2.24) is 4.98 Å². The first-order valence-electron chi connectivity index (χ1n) is 4.57. The number of ether oxygens (including phenoxy) is 1. The lowest BCUT2D eigenvalue weighted by atomic mass is 10.0. The third-order valence-corrected chi connectivity index (χ3v) is 2.07. The second kappa shape index (κ2) is 4.37. The quantitative estimate of drug-likeness (QED) is 0.801. The van der Waals surface area contributed by atoms with E-state index in [1.165, 1.54) is 18.3 Å². The van der Waals surface area contributed by atoms with E-state index in [9.17, 15) is 4.39 Å². The molecular weight excluding hydrogens is 183 g/mol.